The molecule has 6 heteroatoms. The first-order valence-electron chi connectivity index (χ1n) is 7.41. The van der Waals surface area contributed by atoms with Gasteiger partial charge in [0.25, 0.3) is 0 Å². The van der Waals surface area contributed by atoms with E-state index >= 15 is 0 Å². The third kappa shape index (κ3) is 3.15. The van der Waals surface area contributed by atoms with Gasteiger partial charge in [0.1, 0.15) is 16.4 Å². The summed E-state index contributed by atoms with van der Waals surface area (Å²) in [4.78, 5) is 0.260. The lowest BCUT2D eigenvalue weighted by atomic mass is 9.87. The van der Waals surface area contributed by atoms with E-state index in [4.69, 9.17) is 16.0 Å². The summed E-state index contributed by atoms with van der Waals surface area (Å²) in [6, 6.07) is 0.0731. The van der Waals surface area contributed by atoms with Crippen molar-refractivity contribution >= 4 is 21.6 Å². The first-order valence-corrected chi connectivity index (χ1v) is 9.39. The normalized spacial score (nSPS) is 23.7. The Bertz CT molecular complexity index is 601. The molecule has 0 unspecified atom stereocenters. The standard InChI is InChI=1S/C15H24ClNO3S/c1-10-5-7-13(8-6-10)17(4)21(18,19)15-12(3)20-11(2)14(15)9-16/h10,13H,5-9H2,1-4H3. The summed E-state index contributed by atoms with van der Waals surface area (Å²) >= 11 is 5.92. The molecule has 0 amide bonds. The van der Waals surface area contributed by atoms with Crippen LogP contribution in [0.1, 0.15) is 49.7 Å². The molecule has 0 saturated heterocycles. The molecule has 120 valence electrons. The summed E-state index contributed by atoms with van der Waals surface area (Å²) in [5.74, 6) is 1.85. The van der Waals surface area contributed by atoms with Gasteiger partial charge in [0.05, 0.1) is 5.88 Å². The van der Waals surface area contributed by atoms with Crippen molar-refractivity contribution in [3.63, 3.8) is 0 Å². The SMILES string of the molecule is Cc1oc(C)c(S(=O)(=O)N(C)C2CCC(C)CC2)c1CCl. The van der Waals surface area contributed by atoms with Crippen molar-refractivity contribution in [2.24, 2.45) is 5.92 Å². The van der Waals surface area contributed by atoms with Crippen LogP contribution in [0.5, 0.6) is 0 Å². The fourth-order valence-corrected chi connectivity index (χ4v) is 5.37. The average Bonchev–Trinajstić information content (AvgIpc) is 2.73. The van der Waals surface area contributed by atoms with Crippen molar-refractivity contribution in [1.82, 2.24) is 4.31 Å². The smallest absolute Gasteiger partial charge is 0.246 e. The Morgan fingerprint density at radius 2 is 1.76 bits per heavy atom. The van der Waals surface area contributed by atoms with Gasteiger partial charge in [0, 0.05) is 18.7 Å². The second kappa shape index (κ2) is 6.31. The quantitative estimate of drug-likeness (QED) is 0.787. The summed E-state index contributed by atoms with van der Waals surface area (Å²) in [6.45, 7) is 5.67. The van der Waals surface area contributed by atoms with Gasteiger partial charge in [-0.15, -0.1) is 11.6 Å². The van der Waals surface area contributed by atoms with E-state index in [9.17, 15) is 8.42 Å². The van der Waals surface area contributed by atoms with Gasteiger partial charge < -0.3 is 4.42 Å². The Kier molecular flexibility index (Phi) is 5.06. The van der Waals surface area contributed by atoms with Gasteiger partial charge in [-0.25, -0.2) is 8.42 Å². The highest BCUT2D eigenvalue weighted by molar-refractivity contribution is 7.89. The molecule has 1 fully saturated rings. The van der Waals surface area contributed by atoms with Gasteiger partial charge in [-0.1, -0.05) is 6.92 Å². The fourth-order valence-electron chi connectivity index (χ4n) is 3.15. The minimum Gasteiger partial charge on any atom is -0.465 e. The van der Waals surface area contributed by atoms with Gasteiger partial charge in [-0.05, 0) is 45.4 Å². The number of alkyl halides is 1. The number of hydrogen-bond acceptors (Lipinski definition) is 3. The van der Waals surface area contributed by atoms with Crippen LogP contribution in [0.4, 0.5) is 0 Å². The first kappa shape index (κ1) is 16.8. The number of halogens is 1. The highest BCUT2D eigenvalue weighted by atomic mass is 35.5. The molecule has 1 aromatic rings. The number of furan rings is 1. The molecule has 0 aromatic carbocycles. The Labute approximate surface area is 132 Å². The van der Waals surface area contributed by atoms with Crippen LogP contribution >= 0.6 is 11.6 Å². The van der Waals surface area contributed by atoms with Crippen LogP contribution in [0.2, 0.25) is 0 Å². The Hall–Kier alpha value is -0.520. The lowest BCUT2D eigenvalue weighted by Gasteiger charge is -2.32. The molecule has 4 nitrogen and oxygen atoms in total. The molecule has 1 saturated carbocycles. The van der Waals surface area contributed by atoms with E-state index in [2.05, 4.69) is 6.92 Å². The number of sulfonamides is 1. The molecular weight excluding hydrogens is 310 g/mol. The average molecular weight is 334 g/mol. The minimum absolute atomic E-state index is 0.0731. The third-order valence-corrected chi connectivity index (χ3v) is 6.97. The van der Waals surface area contributed by atoms with Gasteiger partial charge in [0.15, 0.2) is 0 Å². The fraction of sp³-hybridized carbons (Fsp3) is 0.733. The van der Waals surface area contributed by atoms with Gasteiger partial charge in [0.2, 0.25) is 10.0 Å². The Balaban J connectivity index is 2.34. The van der Waals surface area contributed by atoms with Crippen molar-refractivity contribution in [3.05, 3.63) is 17.1 Å². The molecule has 1 heterocycles. The van der Waals surface area contributed by atoms with Gasteiger partial charge >= 0.3 is 0 Å². The molecule has 0 N–H and O–H groups in total. The van der Waals surface area contributed by atoms with Gasteiger partial charge in [-0.2, -0.15) is 4.31 Å². The van der Waals surface area contributed by atoms with Crippen LogP contribution < -0.4 is 0 Å². The largest absolute Gasteiger partial charge is 0.465 e. The zero-order valence-corrected chi connectivity index (χ0v) is 14.7. The first-order chi connectivity index (χ1) is 9.78. The maximum atomic E-state index is 12.9. The molecule has 0 bridgehead atoms. The Morgan fingerprint density at radius 1 is 1.19 bits per heavy atom. The highest BCUT2D eigenvalue weighted by Gasteiger charge is 2.35. The lowest BCUT2D eigenvalue weighted by Crippen LogP contribution is -2.39. The maximum Gasteiger partial charge on any atom is 0.246 e. The van der Waals surface area contributed by atoms with E-state index in [1.165, 1.54) is 4.31 Å². The molecule has 0 radical (unpaired) electrons. The van der Waals surface area contributed by atoms with Crippen LogP contribution in [0.15, 0.2) is 9.31 Å². The summed E-state index contributed by atoms with van der Waals surface area (Å²) in [6.07, 6.45) is 4.00. The molecule has 1 aromatic heterocycles. The van der Waals surface area contributed by atoms with Crippen LogP contribution in [0, 0.1) is 19.8 Å². The number of rotatable bonds is 4. The molecule has 0 aliphatic heterocycles. The van der Waals surface area contributed by atoms with E-state index < -0.39 is 10.0 Å². The second-order valence-corrected chi connectivity index (χ2v) is 8.29. The highest BCUT2D eigenvalue weighted by Crippen LogP contribution is 2.34. The van der Waals surface area contributed by atoms with Crippen molar-refractivity contribution < 1.29 is 12.8 Å². The number of hydrogen-bond donors (Lipinski definition) is 0. The summed E-state index contributed by atoms with van der Waals surface area (Å²) in [7, 11) is -1.88. The van der Waals surface area contributed by atoms with Crippen molar-refractivity contribution in [2.45, 2.75) is 63.3 Å². The Morgan fingerprint density at radius 3 is 2.29 bits per heavy atom. The zero-order chi connectivity index (χ0) is 15.8. The molecule has 1 aliphatic rings. The molecule has 0 spiro atoms. The molecule has 0 atom stereocenters. The zero-order valence-electron chi connectivity index (χ0n) is 13.1. The van der Waals surface area contributed by atoms with Crippen LogP contribution in [0.3, 0.4) is 0 Å². The minimum atomic E-state index is -3.55. The maximum absolute atomic E-state index is 12.9. The summed E-state index contributed by atoms with van der Waals surface area (Å²) in [5, 5.41) is 0. The lowest BCUT2D eigenvalue weighted by molar-refractivity contribution is 0.246. The third-order valence-electron chi connectivity index (χ3n) is 4.60. The monoisotopic (exact) mass is 333 g/mol. The molecule has 1 aliphatic carbocycles. The van der Waals surface area contributed by atoms with Crippen molar-refractivity contribution in [2.75, 3.05) is 7.05 Å². The predicted octanol–water partition coefficient (Wildman–Crippen LogP) is 3.83. The van der Waals surface area contributed by atoms with E-state index in [1.807, 2.05) is 0 Å². The molecule has 2 rings (SSSR count). The van der Waals surface area contributed by atoms with E-state index in [0.717, 1.165) is 25.7 Å². The molecular formula is C15H24ClNO3S. The topological polar surface area (TPSA) is 50.5 Å². The van der Waals surface area contributed by atoms with Gasteiger partial charge in [-0.3, -0.25) is 0 Å². The van der Waals surface area contributed by atoms with E-state index in [0.29, 0.717) is 23.0 Å². The molecule has 21 heavy (non-hydrogen) atoms. The second-order valence-electron chi connectivity index (χ2n) is 6.09. The van der Waals surface area contributed by atoms with E-state index in [1.54, 1.807) is 20.9 Å². The number of aryl methyl sites for hydroxylation is 2. The van der Waals surface area contributed by atoms with Crippen LogP contribution in [-0.2, 0) is 15.9 Å². The van der Waals surface area contributed by atoms with E-state index in [-0.39, 0.29) is 16.8 Å². The van der Waals surface area contributed by atoms with Crippen molar-refractivity contribution in [1.29, 1.82) is 0 Å². The summed E-state index contributed by atoms with van der Waals surface area (Å²) in [5.41, 5.74) is 0.588. The van der Waals surface area contributed by atoms with Crippen LogP contribution in [-0.4, -0.2) is 25.8 Å². The number of nitrogens with zero attached hydrogens (tertiary/aromatic N) is 1. The van der Waals surface area contributed by atoms with Crippen LogP contribution in [0.25, 0.3) is 0 Å². The predicted molar refractivity (Wildman–Crippen MR) is 84.1 cm³/mol. The van der Waals surface area contributed by atoms with Crippen molar-refractivity contribution in [3.8, 4) is 0 Å². The summed E-state index contributed by atoms with van der Waals surface area (Å²) < 4.78 is 32.9.